The van der Waals surface area contributed by atoms with Crippen LogP contribution in [0.2, 0.25) is 0 Å². The van der Waals surface area contributed by atoms with Crippen molar-refractivity contribution in [2.75, 3.05) is 33.4 Å². The van der Waals surface area contributed by atoms with Gasteiger partial charge in [0.25, 0.3) is 0 Å². The molecule has 1 aliphatic heterocycles. The highest BCUT2D eigenvalue weighted by atomic mass is 16.5. The zero-order valence-electron chi connectivity index (χ0n) is 14.5. The van der Waals surface area contributed by atoms with Crippen molar-refractivity contribution in [3.63, 3.8) is 0 Å². The monoisotopic (exact) mass is 297 g/mol. The van der Waals surface area contributed by atoms with E-state index < -0.39 is 0 Å². The molecule has 1 heterocycles. The molecule has 0 aromatic rings. The van der Waals surface area contributed by atoms with E-state index in [-0.39, 0.29) is 5.60 Å². The van der Waals surface area contributed by atoms with Crippen molar-refractivity contribution in [2.24, 2.45) is 17.3 Å². The SMILES string of the molecule is CNCC1(OCC2CCOCC2)CCC(C(C)(C)C)CC1. The number of hydrogen-bond donors (Lipinski definition) is 1. The molecule has 1 aliphatic carbocycles. The highest BCUT2D eigenvalue weighted by Gasteiger charge is 2.39. The quantitative estimate of drug-likeness (QED) is 0.840. The Morgan fingerprint density at radius 2 is 1.71 bits per heavy atom. The molecule has 2 aliphatic rings. The molecule has 21 heavy (non-hydrogen) atoms. The van der Waals surface area contributed by atoms with E-state index in [9.17, 15) is 0 Å². The lowest BCUT2D eigenvalue weighted by Gasteiger charge is -2.44. The zero-order valence-corrected chi connectivity index (χ0v) is 14.5. The Hall–Kier alpha value is -0.120. The molecule has 0 bridgehead atoms. The Balaban J connectivity index is 1.86. The molecule has 1 N–H and O–H groups in total. The van der Waals surface area contributed by atoms with Crippen molar-refractivity contribution in [3.05, 3.63) is 0 Å². The van der Waals surface area contributed by atoms with E-state index in [1.807, 2.05) is 0 Å². The van der Waals surface area contributed by atoms with Crippen LogP contribution in [0, 0.1) is 17.3 Å². The largest absolute Gasteiger partial charge is 0.381 e. The summed E-state index contributed by atoms with van der Waals surface area (Å²) in [6.45, 7) is 10.9. The van der Waals surface area contributed by atoms with Crippen LogP contribution in [-0.4, -0.2) is 39.0 Å². The fourth-order valence-corrected chi connectivity index (χ4v) is 3.91. The zero-order chi connectivity index (χ0) is 15.3. The summed E-state index contributed by atoms with van der Waals surface area (Å²) in [5.41, 5.74) is 0.515. The van der Waals surface area contributed by atoms with Crippen LogP contribution in [0.3, 0.4) is 0 Å². The first-order chi connectivity index (χ1) is 9.95. The summed E-state index contributed by atoms with van der Waals surface area (Å²) < 4.78 is 11.9. The smallest absolute Gasteiger partial charge is 0.0806 e. The van der Waals surface area contributed by atoms with Gasteiger partial charge in [0.1, 0.15) is 0 Å². The van der Waals surface area contributed by atoms with Crippen molar-refractivity contribution in [1.82, 2.24) is 5.32 Å². The molecule has 0 radical (unpaired) electrons. The predicted molar refractivity (Wildman–Crippen MR) is 87.6 cm³/mol. The standard InChI is InChI=1S/C18H35NO2/c1-17(2,3)16-5-9-18(10-6-16,14-19-4)21-13-15-7-11-20-12-8-15/h15-16,19H,5-14H2,1-4H3. The van der Waals surface area contributed by atoms with Crippen molar-refractivity contribution >= 4 is 0 Å². The molecular weight excluding hydrogens is 262 g/mol. The summed E-state index contributed by atoms with van der Waals surface area (Å²) in [5, 5.41) is 3.37. The average Bonchev–Trinajstić information content (AvgIpc) is 2.46. The lowest BCUT2D eigenvalue weighted by Crippen LogP contribution is -2.47. The second-order valence-corrected chi connectivity index (χ2v) is 8.22. The van der Waals surface area contributed by atoms with Crippen LogP contribution in [0.1, 0.15) is 59.3 Å². The van der Waals surface area contributed by atoms with Gasteiger partial charge in [-0.2, -0.15) is 0 Å². The fourth-order valence-electron chi connectivity index (χ4n) is 3.91. The molecule has 2 rings (SSSR count). The lowest BCUT2D eigenvalue weighted by atomic mass is 9.68. The van der Waals surface area contributed by atoms with Crippen LogP contribution >= 0.6 is 0 Å². The van der Waals surface area contributed by atoms with Crippen LogP contribution in [0.4, 0.5) is 0 Å². The van der Waals surface area contributed by atoms with E-state index in [1.165, 1.54) is 38.5 Å². The molecule has 3 nitrogen and oxygen atoms in total. The summed E-state index contributed by atoms with van der Waals surface area (Å²) in [6.07, 6.45) is 7.36. The first-order valence-corrected chi connectivity index (χ1v) is 8.81. The molecule has 2 fully saturated rings. The minimum Gasteiger partial charge on any atom is -0.381 e. The first-order valence-electron chi connectivity index (χ1n) is 8.81. The van der Waals surface area contributed by atoms with E-state index >= 15 is 0 Å². The number of nitrogens with one attached hydrogen (secondary N) is 1. The van der Waals surface area contributed by atoms with Crippen LogP contribution in [0.15, 0.2) is 0 Å². The molecule has 1 saturated heterocycles. The molecule has 124 valence electrons. The van der Waals surface area contributed by atoms with E-state index in [0.29, 0.717) is 11.3 Å². The van der Waals surface area contributed by atoms with Gasteiger partial charge in [-0.15, -0.1) is 0 Å². The van der Waals surface area contributed by atoms with Crippen molar-refractivity contribution < 1.29 is 9.47 Å². The second-order valence-electron chi connectivity index (χ2n) is 8.22. The predicted octanol–water partition coefficient (Wildman–Crippen LogP) is 3.62. The van der Waals surface area contributed by atoms with E-state index in [1.54, 1.807) is 0 Å². The maximum absolute atomic E-state index is 6.49. The second kappa shape index (κ2) is 7.43. The number of likely N-dealkylation sites (N-methyl/N-ethyl adjacent to an activating group) is 1. The molecular formula is C18H35NO2. The lowest BCUT2D eigenvalue weighted by molar-refractivity contribution is -0.104. The van der Waals surface area contributed by atoms with E-state index in [2.05, 4.69) is 33.1 Å². The van der Waals surface area contributed by atoms with Gasteiger partial charge in [0.2, 0.25) is 0 Å². The third kappa shape index (κ3) is 4.94. The first kappa shape index (κ1) is 17.2. The molecule has 1 saturated carbocycles. The number of hydrogen-bond acceptors (Lipinski definition) is 3. The summed E-state index contributed by atoms with van der Waals surface area (Å²) in [5.74, 6) is 1.54. The van der Waals surface area contributed by atoms with Crippen molar-refractivity contribution in [1.29, 1.82) is 0 Å². The Kier molecular flexibility index (Phi) is 6.10. The highest BCUT2D eigenvalue weighted by molar-refractivity contribution is 4.92. The Labute approximate surface area is 131 Å². The van der Waals surface area contributed by atoms with Crippen LogP contribution in [0.5, 0.6) is 0 Å². The molecule has 3 heteroatoms. The highest BCUT2D eigenvalue weighted by Crippen LogP contribution is 2.43. The van der Waals surface area contributed by atoms with Gasteiger partial charge in [0, 0.05) is 19.8 Å². The normalized spacial score (nSPS) is 32.3. The summed E-state index contributed by atoms with van der Waals surface area (Å²) >= 11 is 0. The summed E-state index contributed by atoms with van der Waals surface area (Å²) in [7, 11) is 2.05. The Bertz CT molecular complexity index is 297. The minimum atomic E-state index is 0.0782. The van der Waals surface area contributed by atoms with Crippen LogP contribution in [-0.2, 0) is 9.47 Å². The third-order valence-corrected chi connectivity index (χ3v) is 5.59. The summed E-state index contributed by atoms with van der Waals surface area (Å²) in [6, 6.07) is 0. The van der Waals surface area contributed by atoms with Crippen molar-refractivity contribution in [3.8, 4) is 0 Å². The fraction of sp³-hybridized carbons (Fsp3) is 1.00. The van der Waals surface area contributed by atoms with E-state index in [0.717, 1.165) is 32.3 Å². The Morgan fingerprint density at radius 3 is 2.24 bits per heavy atom. The molecule has 0 amide bonds. The number of rotatable bonds is 5. The van der Waals surface area contributed by atoms with Crippen LogP contribution in [0.25, 0.3) is 0 Å². The van der Waals surface area contributed by atoms with Gasteiger partial charge in [-0.05, 0) is 62.8 Å². The minimum absolute atomic E-state index is 0.0782. The van der Waals surface area contributed by atoms with Gasteiger partial charge in [0.15, 0.2) is 0 Å². The van der Waals surface area contributed by atoms with Gasteiger partial charge in [-0.25, -0.2) is 0 Å². The number of ether oxygens (including phenoxy) is 2. The average molecular weight is 297 g/mol. The van der Waals surface area contributed by atoms with Gasteiger partial charge in [-0.3, -0.25) is 0 Å². The van der Waals surface area contributed by atoms with Gasteiger partial charge in [-0.1, -0.05) is 20.8 Å². The molecule has 0 atom stereocenters. The third-order valence-electron chi connectivity index (χ3n) is 5.59. The van der Waals surface area contributed by atoms with E-state index in [4.69, 9.17) is 9.47 Å². The summed E-state index contributed by atoms with van der Waals surface area (Å²) in [4.78, 5) is 0. The maximum Gasteiger partial charge on any atom is 0.0806 e. The van der Waals surface area contributed by atoms with Crippen LogP contribution < -0.4 is 5.32 Å². The molecule has 0 spiro atoms. The topological polar surface area (TPSA) is 30.5 Å². The molecule has 0 unspecified atom stereocenters. The maximum atomic E-state index is 6.49. The van der Waals surface area contributed by atoms with Crippen molar-refractivity contribution in [2.45, 2.75) is 64.9 Å². The molecule has 0 aromatic heterocycles. The van der Waals surface area contributed by atoms with Gasteiger partial charge >= 0.3 is 0 Å². The van der Waals surface area contributed by atoms with Gasteiger partial charge in [0.05, 0.1) is 12.2 Å². The van der Waals surface area contributed by atoms with Gasteiger partial charge < -0.3 is 14.8 Å². The Morgan fingerprint density at radius 1 is 1.10 bits per heavy atom. The molecule has 0 aromatic carbocycles.